The van der Waals surface area contributed by atoms with E-state index in [1.54, 1.807) is 18.2 Å². The standard InChI is InChI=1S/C23H27F3N4O2/c1-2-12-27-21(31)17-15-16(10-11-20(17)30-13-6-3-7-14-30)28-22(32)29-19-9-5-4-8-18(19)23(24,25)26/h4-5,8-11,15H,2-3,6-7,12-14H2,1H3,(H,27,31)(H2,28,29,32). The summed E-state index contributed by atoms with van der Waals surface area (Å²) in [5.41, 5.74) is 0.244. The summed E-state index contributed by atoms with van der Waals surface area (Å²) in [5, 5.41) is 7.63. The van der Waals surface area contributed by atoms with Crippen LogP contribution in [0.1, 0.15) is 48.5 Å². The Morgan fingerprint density at radius 1 is 1.00 bits per heavy atom. The first-order valence-corrected chi connectivity index (χ1v) is 10.7. The van der Waals surface area contributed by atoms with Gasteiger partial charge in [0.05, 0.1) is 16.8 Å². The first-order chi connectivity index (χ1) is 15.3. The molecule has 1 aliphatic rings. The predicted molar refractivity (Wildman–Crippen MR) is 119 cm³/mol. The maximum Gasteiger partial charge on any atom is 0.418 e. The number of carbonyl (C=O) groups is 2. The van der Waals surface area contributed by atoms with Crippen LogP contribution in [0.4, 0.5) is 35.0 Å². The van der Waals surface area contributed by atoms with Crippen molar-refractivity contribution in [2.24, 2.45) is 0 Å². The van der Waals surface area contributed by atoms with Crippen molar-refractivity contribution in [1.82, 2.24) is 5.32 Å². The van der Waals surface area contributed by atoms with E-state index in [4.69, 9.17) is 0 Å². The van der Waals surface area contributed by atoms with E-state index in [0.717, 1.165) is 50.5 Å². The summed E-state index contributed by atoms with van der Waals surface area (Å²) in [6.07, 6.45) is -0.588. The quantitative estimate of drug-likeness (QED) is 0.548. The molecule has 0 bridgehead atoms. The normalized spacial score (nSPS) is 14.1. The molecule has 9 heteroatoms. The summed E-state index contributed by atoms with van der Waals surface area (Å²) in [5.74, 6) is -0.251. The molecule has 1 saturated heterocycles. The van der Waals surface area contributed by atoms with Crippen LogP contribution in [0, 0.1) is 0 Å². The number of halogens is 3. The smallest absolute Gasteiger partial charge is 0.371 e. The van der Waals surface area contributed by atoms with Gasteiger partial charge in [-0.15, -0.1) is 0 Å². The van der Waals surface area contributed by atoms with E-state index in [0.29, 0.717) is 17.8 Å². The van der Waals surface area contributed by atoms with Crippen molar-refractivity contribution >= 4 is 29.0 Å². The molecule has 0 radical (unpaired) electrons. The first-order valence-electron chi connectivity index (χ1n) is 10.7. The number of anilines is 3. The number of para-hydroxylation sites is 1. The minimum Gasteiger partial charge on any atom is -0.371 e. The molecule has 1 fully saturated rings. The second-order valence-corrected chi connectivity index (χ2v) is 7.66. The summed E-state index contributed by atoms with van der Waals surface area (Å²) in [6, 6.07) is 8.91. The van der Waals surface area contributed by atoms with E-state index in [-0.39, 0.29) is 11.6 Å². The highest BCUT2D eigenvalue weighted by Crippen LogP contribution is 2.34. The molecule has 0 aromatic heterocycles. The zero-order valence-electron chi connectivity index (χ0n) is 17.9. The number of nitrogens with zero attached hydrogens (tertiary/aromatic N) is 1. The lowest BCUT2D eigenvalue weighted by atomic mass is 10.1. The lowest BCUT2D eigenvalue weighted by Gasteiger charge is -2.30. The summed E-state index contributed by atoms with van der Waals surface area (Å²) < 4.78 is 39.5. The van der Waals surface area contributed by atoms with Gasteiger partial charge in [0.1, 0.15) is 0 Å². The van der Waals surface area contributed by atoms with Crippen LogP contribution < -0.4 is 20.9 Å². The van der Waals surface area contributed by atoms with Crippen LogP contribution in [0.2, 0.25) is 0 Å². The van der Waals surface area contributed by atoms with E-state index < -0.39 is 17.8 Å². The number of nitrogens with one attached hydrogen (secondary N) is 3. The second kappa shape index (κ2) is 10.4. The van der Waals surface area contributed by atoms with Gasteiger partial charge in [0.2, 0.25) is 0 Å². The number of hydrogen-bond acceptors (Lipinski definition) is 3. The van der Waals surface area contributed by atoms with E-state index >= 15 is 0 Å². The van der Waals surface area contributed by atoms with Gasteiger partial charge < -0.3 is 20.9 Å². The second-order valence-electron chi connectivity index (χ2n) is 7.66. The minimum atomic E-state index is -4.59. The Labute approximate surface area is 185 Å². The summed E-state index contributed by atoms with van der Waals surface area (Å²) in [4.78, 5) is 27.3. The molecule has 1 heterocycles. The van der Waals surface area contributed by atoms with Crippen molar-refractivity contribution in [3.05, 3.63) is 53.6 Å². The van der Waals surface area contributed by atoms with Crippen LogP contribution in [0.15, 0.2) is 42.5 Å². The molecule has 0 unspecified atom stereocenters. The van der Waals surface area contributed by atoms with Crippen LogP contribution in [0.3, 0.4) is 0 Å². The van der Waals surface area contributed by atoms with Gasteiger partial charge in [-0.25, -0.2) is 4.79 Å². The van der Waals surface area contributed by atoms with Gasteiger partial charge in [-0.1, -0.05) is 19.1 Å². The third kappa shape index (κ3) is 5.93. The van der Waals surface area contributed by atoms with Crippen LogP contribution in [-0.2, 0) is 6.18 Å². The lowest BCUT2D eigenvalue weighted by Crippen LogP contribution is -2.33. The molecule has 0 aliphatic carbocycles. The highest BCUT2D eigenvalue weighted by molar-refractivity contribution is 6.04. The molecule has 3 rings (SSSR count). The third-order valence-electron chi connectivity index (χ3n) is 5.21. The fourth-order valence-corrected chi connectivity index (χ4v) is 3.66. The average Bonchev–Trinajstić information content (AvgIpc) is 2.77. The Balaban J connectivity index is 1.80. The van der Waals surface area contributed by atoms with Gasteiger partial charge in [-0.2, -0.15) is 13.2 Å². The van der Waals surface area contributed by atoms with Crippen LogP contribution >= 0.6 is 0 Å². The van der Waals surface area contributed by atoms with Crippen molar-refractivity contribution in [2.45, 2.75) is 38.8 Å². The van der Waals surface area contributed by atoms with E-state index in [2.05, 4.69) is 20.9 Å². The molecule has 32 heavy (non-hydrogen) atoms. The molecule has 1 aliphatic heterocycles. The molecular weight excluding hydrogens is 421 g/mol. The maximum absolute atomic E-state index is 13.2. The molecule has 3 amide bonds. The average molecular weight is 448 g/mol. The minimum absolute atomic E-state index is 0.251. The SMILES string of the molecule is CCCNC(=O)c1cc(NC(=O)Nc2ccccc2C(F)(F)F)ccc1N1CCCCC1. The van der Waals surface area contributed by atoms with Crippen LogP contribution in [0.5, 0.6) is 0 Å². The summed E-state index contributed by atoms with van der Waals surface area (Å²) in [7, 11) is 0. The Bertz CT molecular complexity index is 956. The molecule has 0 spiro atoms. The molecule has 2 aromatic carbocycles. The highest BCUT2D eigenvalue weighted by atomic mass is 19.4. The molecule has 6 nitrogen and oxygen atoms in total. The number of amides is 3. The molecule has 172 valence electrons. The number of urea groups is 1. The van der Waals surface area contributed by atoms with Crippen LogP contribution in [0.25, 0.3) is 0 Å². The zero-order valence-corrected chi connectivity index (χ0v) is 17.9. The number of carbonyl (C=O) groups excluding carboxylic acids is 2. The highest BCUT2D eigenvalue weighted by Gasteiger charge is 2.33. The van der Waals surface area contributed by atoms with Gasteiger partial charge in [-0.3, -0.25) is 4.79 Å². The molecule has 2 aromatic rings. The van der Waals surface area contributed by atoms with Gasteiger partial charge in [0.15, 0.2) is 0 Å². The molecule has 0 saturated carbocycles. The van der Waals surface area contributed by atoms with Crippen molar-refractivity contribution in [3.8, 4) is 0 Å². The third-order valence-corrected chi connectivity index (χ3v) is 5.21. The molecule has 3 N–H and O–H groups in total. The number of rotatable bonds is 6. The monoisotopic (exact) mass is 448 g/mol. The topological polar surface area (TPSA) is 73.5 Å². The number of alkyl halides is 3. The van der Waals surface area contributed by atoms with Crippen molar-refractivity contribution < 1.29 is 22.8 Å². The maximum atomic E-state index is 13.2. The van der Waals surface area contributed by atoms with E-state index in [1.165, 1.54) is 18.2 Å². The van der Waals surface area contributed by atoms with Gasteiger partial charge >= 0.3 is 12.2 Å². The Morgan fingerprint density at radius 2 is 1.72 bits per heavy atom. The van der Waals surface area contributed by atoms with Crippen molar-refractivity contribution in [3.63, 3.8) is 0 Å². The lowest BCUT2D eigenvalue weighted by molar-refractivity contribution is -0.136. The van der Waals surface area contributed by atoms with Crippen LogP contribution in [-0.4, -0.2) is 31.6 Å². The summed E-state index contributed by atoms with van der Waals surface area (Å²) >= 11 is 0. The van der Waals surface area contributed by atoms with E-state index in [9.17, 15) is 22.8 Å². The first kappa shape index (κ1) is 23.4. The van der Waals surface area contributed by atoms with Crippen molar-refractivity contribution in [1.29, 1.82) is 0 Å². The molecule has 0 atom stereocenters. The zero-order chi connectivity index (χ0) is 23.1. The summed E-state index contributed by atoms with van der Waals surface area (Å²) in [6.45, 7) is 4.16. The predicted octanol–water partition coefficient (Wildman–Crippen LogP) is 5.48. The van der Waals surface area contributed by atoms with Crippen molar-refractivity contribution in [2.75, 3.05) is 35.2 Å². The van der Waals surface area contributed by atoms with Gasteiger partial charge in [0, 0.05) is 31.0 Å². The molecular formula is C23H27F3N4O2. The van der Waals surface area contributed by atoms with Gasteiger partial charge in [-0.05, 0) is 56.0 Å². The number of piperidine rings is 1. The Hall–Kier alpha value is -3.23. The fourth-order valence-electron chi connectivity index (χ4n) is 3.66. The Morgan fingerprint density at radius 3 is 2.41 bits per heavy atom. The fraction of sp³-hybridized carbons (Fsp3) is 0.391. The largest absolute Gasteiger partial charge is 0.418 e. The van der Waals surface area contributed by atoms with Gasteiger partial charge in [0.25, 0.3) is 5.91 Å². The van der Waals surface area contributed by atoms with E-state index in [1.807, 2.05) is 6.92 Å². The number of benzene rings is 2. The Kier molecular flexibility index (Phi) is 7.61. The number of hydrogen-bond donors (Lipinski definition) is 3.